The number of piperidine rings is 1. The van der Waals surface area contributed by atoms with E-state index in [1.165, 1.54) is 23.5 Å². The molecule has 156 valence electrons. The van der Waals surface area contributed by atoms with Gasteiger partial charge in [0.1, 0.15) is 5.82 Å². The number of carbonyl (C=O) groups excluding carboxylic acids is 3. The van der Waals surface area contributed by atoms with Crippen LogP contribution in [-0.4, -0.2) is 42.3 Å². The van der Waals surface area contributed by atoms with Gasteiger partial charge in [-0.1, -0.05) is 12.1 Å². The third-order valence-corrected chi connectivity index (χ3v) is 5.59. The Labute approximate surface area is 174 Å². The van der Waals surface area contributed by atoms with Crippen molar-refractivity contribution in [2.24, 2.45) is 0 Å². The standard InChI is InChI=1S/C23H24FN3O3/c24-16-10-11-20(26-12-4-1-5-13-26)19(15-16)25-21(28)9-6-14-27-22(29)17-7-2-3-8-18(17)23(27)30/h2-3,7-8,10-11,15H,1,4-6,9,12-14H2,(H,25,28). The van der Waals surface area contributed by atoms with Crippen LogP contribution in [0.2, 0.25) is 0 Å². The fourth-order valence-electron chi connectivity index (χ4n) is 4.07. The smallest absolute Gasteiger partial charge is 0.261 e. The summed E-state index contributed by atoms with van der Waals surface area (Å²) in [7, 11) is 0. The van der Waals surface area contributed by atoms with Crippen molar-refractivity contribution in [1.82, 2.24) is 4.90 Å². The molecule has 1 N–H and O–H groups in total. The first-order valence-electron chi connectivity index (χ1n) is 10.3. The Morgan fingerprint density at radius 2 is 1.63 bits per heavy atom. The summed E-state index contributed by atoms with van der Waals surface area (Å²) in [6.45, 7) is 1.93. The molecule has 2 aliphatic heterocycles. The average Bonchev–Trinajstić information content (AvgIpc) is 2.99. The highest BCUT2D eigenvalue weighted by atomic mass is 19.1. The third-order valence-electron chi connectivity index (χ3n) is 5.59. The van der Waals surface area contributed by atoms with Crippen molar-refractivity contribution < 1.29 is 18.8 Å². The van der Waals surface area contributed by atoms with Crippen LogP contribution >= 0.6 is 0 Å². The monoisotopic (exact) mass is 409 g/mol. The molecule has 1 saturated heterocycles. The number of anilines is 2. The van der Waals surface area contributed by atoms with Gasteiger partial charge in [-0.25, -0.2) is 4.39 Å². The molecule has 0 unspecified atom stereocenters. The second kappa shape index (κ2) is 8.65. The van der Waals surface area contributed by atoms with Crippen LogP contribution in [0.4, 0.5) is 15.8 Å². The summed E-state index contributed by atoms with van der Waals surface area (Å²) >= 11 is 0. The second-order valence-electron chi connectivity index (χ2n) is 7.67. The van der Waals surface area contributed by atoms with Crippen LogP contribution in [0, 0.1) is 5.82 Å². The molecule has 0 atom stereocenters. The second-order valence-corrected chi connectivity index (χ2v) is 7.67. The molecular formula is C23H24FN3O3. The van der Waals surface area contributed by atoms with Gasteiger partial charge in [-0.15, -0.1) is 0 Å². The summed E-state index contributed by atoms with van der Waals surface area (Å²) in [5.74, 6) is -1.32. The third kappa shape index (κ3) is 4.06. The molecule has 2 aliphatic rings. The Hall–Kier alpha value is -3.22. The maximum atomic E-state index is 13.8. The zero-order valence-corrected chi connectivity index (χ0v) is 16.7. The maximum absolute atomic E-state index is 13.8. The lowest BCUT2D eigenvalue weighted by Gasteiger charge is -2.30. The van der Waals surface area contributed by atoms with E-state index >= 15 is 0 Å². The SMILES string of the molecule is O=C(CCCN1C(=O)c2ccccc2C1=O)Nc1cc(F)ccc1N1CCCCC1. The van der Waals surface area contributed by atoms with Gasteiger partial charge in [0.25, 0.3) is 11.8 Å². The number of nitrogens with zero attached hydrogens (tertiary/aromatic N) is 2. The summed E-state index contributed by atoms with van der Waals surface area (Å²) in [5, 5.41) is 2.80. The molecule has 1 fully saturated rings. The van der Waals surface area contributed by atoms with Gasteiger partial charge in [0.2, 0.25) is 5.91 Å². The Balaban J connectivity index is 1.35. The molecule has 0 saturated carbocycles. The van der Waals surface area contributed by atoms with E-state index in [0.717, 1.165) is 31.6 Å². The topological polar surface area (TPSA) is 69.7 Å². The van der Waals surface area contributed by atoms with Gasteiger partial charge in [0.05, 0.1) is 22.5 Å². The fraction of sp³-hybridized carbons (Fsp3) is 0.348. The minimum atomic E-state index is -0.405. The molecule has 4 rings (SSSR count). The highest BCUT2D eigenvalue weighted by Gasteiger charge is 2.34. The van der Waals surface area contributed by atoms with Crippen LogP contribution in [0.25, 0.3) is 0 Å². The normalized spacial score (nSPS) is 16.0. The van der Waals surface area contributed by atoms with E-state index in [9.17, 15) is 18.8 Å². The molecule has 2 aromatic carbocycles. The van der Waals surface area contributed by atoms with Gasteiger partial charge in [-0.05, 0) is 56.0 Å². The van der Waals surface area contributed by atoms with Gasteiger partial charge in [-0.3, -0.25) is 19.3 Å². The number of hydrogen-bond acceptors (Lipinski definition) is 4. The molecule has 0 bridgehead atoms. The van der Waals surface area contributed by atoms with Gasteiger partial charge in [0.15, 0.2) is 0 Å². The Morgan fingerprint density at radius 3 is 2.30 bits per heavy atom. The van der Waals surface area contributed by atoms with Crippen molar-refractivity contribution in [3.8, 4) is 0 Å². The molecule has 3 amide bonds. The van der Waals surface area contributed by atoms with Gasteiger partial charge in [-0.2, -0.15) is 0 Å². The van der Waals surface area contributed by atoms with Crippen molar-refractivity contribution in [1.29, 1.82) is 0 Å². The number of hydrogen-bond donors (Lipinski definition) is 1. The lowest BCUT2D eigenvalue weighted by atomic mass is 10.1. The van der Waals surface area contributed by atoms with Crippen LogP contribution in [0.5, 0.6) is 0 Å². The quantitative estimate of drug-likeness (QED) is 0.737. The van der Waals surface area contributed by atoms with Crippen molar-refractivity contribution in [2.75, 3.05) is 29.9 Å². The average molecular weight is 409 g/mol. The molecule has 2 heterocycles. The summed E-state index contributed by atoms with van der Waals surface area (Å²) in [4.78, 5) is 40.6. The highest BCUT2D eigenvalue weighted by Crippen LogP contribution is 2.29. The number of halogens is 1. The van der Waals surface area contributed by atoms with Crippen LogP contribution < -0.4 is 10.2 Å². The lowest BCUT2D eigenvalue weighted by molar-refractivity contribution is -0.116. The van der Waals surface area contributed by atoms with E-state index in [1.54, 1.807) is 30.3 Å². The number of fused-ring (bicyclic) bond motifs is 1. The first-order valence-corrected chi connectivity index (χ1v) is 10.3. The van der Waals surface area contributed by atoms with E-state index in [2.05, 4.69) is 10.2 Å². The molecule has 0 radical (unpaired) electrons. The highest BCUT2D eigenvalue weighted by molar-refractivity contribution is 6.21. The summed E-state index contributed by atoms with van der Waals surface area (Å²) in [6, 6.07) is 11.2. The Morgan fingerprint density at radius 1 is 0.967 bits per heavy atom. The van der Waals surface area contributed by atoms with E-state index < -0.39 is 5.82 Å². The number of nitrogens with one attached hydrogen (secondary N) is 1. The van der Waals surface area contributed by atoms with Gasteiger partial charge < -0.3 is 10.2 Å². The molecule has 7 heteroatoms. The van der Waals surface area contributed by atoms with Gasteiger partial charge >= 0.3 is 0 Å². The lowest BCUT2D eigenvalue weighted by Crippen LogP contribution is -2.31. The zero-order valence-electron chi connectivity index (χ0n) is 16.7. The van der Waals surface area contributed by atoms with Crippen molar-refractivity contribution in [3.63, 3.8) is 0 Å². The Bertz CT molecular complexity index is 950. The molecule has 2 aromatic rings. The molecule has 0 spiro atoms. The van der Waals surface area contributed by atoms with Crippen LogP contribution in [-0.2, 0) is 4.79 Å². The van der Waals surface area contributed by atoms with Crippen LogP contribution in [0.15, 0.2) is 42.5 Å². The molecular weight excluding hydrogens is 385 g/mol. The first kappa shape index (κ1) is 20.1. The van der Waals surface area contributed by atoms with E-state index in [0.29, 0.717) is 23.2 Å². The molecule has 30 heavy (non-hydrogen) atoms. The van der Waals surface area contributed by atoms with Crippen LogP contribution in [0.3, 0.4) is 0 Å². The predicted molar refractivity (Wildman–Crippen MR) is 112 cm³/mol. The summed E-state index contributed by atoms with van der Waals surface area (Å²) in [5.41, 5.74) is 2.09. The zero-order chi connectivity index (χ0) is 21.1. The van der Waals surface area contributed by atoms with E-state index in [1.807, 2.05) is 0 Å². The van der Waals surface area contributed by atoms with Crippen molar-refractivity contribution >= 4 is 29.1 Å². The van der Waals surface area contributed by atoms with Crippen molar-refractivity contribution in [3.05, 3.63) is 59.4 Å². The van der Waals surface area contributed by atoms with E-state index in [-0.39, 0.29) is 30.7 Å². The predicted octanol–water partition coefficient (Wildman–Crippen LogP) is 3.83. The van der Waals surface area contributed by atoms with E-state index in [4.69, 9.17) is 0 Å². The minimum absolute atomic E-state index is 0.128. The number of amides is 3. The first-order chi connectivity index (χ1) is 14.5. The molecule has 6 nitrogen and oxygen atoms in total. The number of rotatable bonds is 6. The largest absolute Gasteiger partial charge is 0.370 e. The summed E-state index contributed by atoms with van der Waals surface area (Å²) in [6.07, 6.45) is 3.79. The number of imide groups is 1. The fourth-order valence-corrected chi connectivity index (χ4v) is 4.07. The number of benzene rings is 2. The molecule has 0 aromatic heterocycles. The number of carbonyl (C=O) groups is 3. The van der Waals surface area contributed by atoms with Gasteiger partial charge in [0, 0.05) is 26.1 Å². The van der Waals surface area contributed by atoms with Crippen molar-refractivity contribution in [2.45, 2.75) is 32.1 Å². The maximum Gasteiger partial charge on any atom is 0.261 e. The minimum Gasteiger partial charge on any atom is -0.370 e. The summed E-state index contributed by atoms with van der Waals surface area (Å²) < 4.78 is 13.8. The van der Waals surface area contributed by atoms with Crippen LogP contribution in [0.1, 0.15) is 52.8 Å². The molecule has 0 aliphatic carbocycles. The Kier molecular flexibility index (Phi) is 5.79.